The molecule has 2 rings (SSSR count). The van der Waals surface area contributed by atoms with E-state index in [1.165, 1.54) is 0 Å². The van der Waals surface area contributed by atoms with Crippen LogP contribution in [0.2, 0.25) is 0 Å². The molecule has 1 aliphatic carbocycles. The van der Waals surface area contributed by atoms with Gasteiger partial charge in [0.05, 0.1) is 11.4 Å². The van der Waals surface area contributed by atoms with Gasteiger partial charge < -0.3 is 10.8 Å². The van der Waals surface area contributed by atoms with Gasteiger partial charge in [0.25, 0.3) is 0 Å². The van der Waals surface area contributed by atoms with Crippen LogP contribution in [0.1, 0.15) is 37.7 Å². The Morgan fingerprint density at radius 2 is 1.96 bits per heavy atom. The van der Waals surface area contributed by atoms with E-state index in [-0.39, 0.29) is 12.3 Å². The van der Waals surface area contributed by atoms with Crippen molar-refractivity contribution in [2.24, 2.45) is 21.6 Å². The lowest BCUT2D eigenvalue weighted by atomic mass is 10.0. The summed E-state index contributed by atoms with van der Waals surface area (Å²) in [6.07, 6.45) is 6.04. The quantitative estimate of drug-likeness (QED) is 0.416. The first-order chi connectivity index (χ1) is 12.6. The molecule has 140 valence electrons. The fraction of sp³-hybridized carbons (Fsp3) is 0.400. The number of hydrogen-bond acceptors (Lipinski definition) is 4. The molecule has 0 fully saturated rings. The SMILES string of the molecule is NC(O)C1C=C(N=CCCCC(F)F)C(N=Cc2ccccc2)=CCC1. The van der Waals surface area contributed by atoms with E-state index in [0.29, 0.717) is 30.7 Å². The minimum Gasteiger partial charge on any atom is -0.378 e. The number of aliphatic imine (C=N–C) groups is 2. The van der Waals surface area contributed by atoms with Gasteiger partial charge in [0.1, 0.15) is 6.23 Å². The van der Waals surface area contributed by atoms with Crippen LogP contribution in [0.5, 0.6) is 0 Å². The van der Waals surface area contributed by atoms with Gasteiger partial charge in [0, 0.05) is 24.8 Å². The number of nitrogens with two attached hydrogens (primary N) is 1. The topological polar surface area (TPSA) is 71.0 Å². The Hall–Kier alpha value is -2.18. The van der Waals surface area contributed by atoms with Gasteiger partial charge in [-0.25, -0.2) is 8.78 Å². The van der Waals surface area contributed by atoms with Crippen LogP contribution in [0, 0.1) is 5.92 Å². The predicted molar refractivity (Wildman–Crippen MR) is 101 cm³/mol. The van der Waals surface area contributed by atoms with Crippen LogP contribution in [0.3, 0.4) is 0 Å². The first kappa shape index (κ1) is 20.1. The second-order valence-electron chi connectivity index (χ2n) is 6.18. The lowest BCUT2D eigenvalue weighted by molar-refractivity contribution is 0.133. The Labute approximate surface area is 152 Å². The predicted octanol–water partition coefficient (Wildman–Crippen LogP) is 4.07. The van der Waals surface area contributed by atoms with Gasteiger partial charge in [-0.1, -0.05) is 36.4 Å². The van der Waals surface area contributed by atoms with Gasteiger partial charge in [0.15, 0.2) is 0 Å². The lowest BCUT2D eigenvalue weighted by Gasteiger charge is -2.13. The van der Waals surface area contributed by atoms with Crippen molar-refractivity contribution in [1.82, 2.24) is 0 Å². The fourth-order valence-electron chi connectivity index (χ4n) is 2.60. The van der Waals surface area contributed by atoms with E-state index in [4.69, 9.17) is 5.73 Å². The largest absolute Gasteiger partial charge is 0.378 e. The highest BCUT2D eigenvalue weighted by atomic mass is 19.3. The molecule has 1 aromatic rings. The molecule has 0 heterocycles. The Bertz CT molecular complexity index is 667. The second-order valence-corrected chi connectivity index (χ2v) is 6.18. The van der Waals surface area contributed by atoms with Crippen LogP contribution in [0.15, 0.2) is 63.9 Å². The Morgan fingerprint density at radius 3 is 2.65 bits per heavy atom. The van der Waals surface area contributed by atoms with Crippen molar-refractivity contribution in [3.63, 3.8) is 0 Å². The summed E-state index contributed by atoms with van der Waals surface area (Å²) in [6.45, 7) is 0. The Balaban J connectivity index is 2.14. The van der Waals surface area contributed by atoms with E-state index >= 15 is 0 Å². The number of aliphatic hydroxyl groups excluding tert-OH is 1. The zero-order valence-electron chi connectivity index (χ0n) is 14.6. The van der Waals surface area contributed by atoms with Crippen LogP contribution in [0.25, 0.3) is 0 Å². The molecular weight excluding hydrogens is 336 g/mol. The fourth-order valence-corrected chi connectivity index (χ4v) is 2.60. The summed E-state index contributed by atoms with van der Waals surface area (Å²) in [6, 6.07) is 9.70. The zero-order chi connectivity index (χ0) is 18.8. The van der Waals surface area contributed by atoms with E-state index in [2.05, 4.69) is 9.98 Å². The lowest BCUT2D eigenvalue weighted by Crippen LogP contribution is -2.28. The van der Waals surface area contributed by atoms with Crippen molar-refractivity contribution in [2.75, 3.05) is 0 Å². The van der Waals surface area contributed by atoms with Crippen LogP contribution < -0.4 is 5.73 Å². The minimum absolute atomic E-state index is 0.135. The van der Waals surface area contributed by atoms with Crippen molar-refractivity contribution in [3.8, 4) is 0 Å². The van der Waals surface area contributed by atoms with Crippen molar-refractivity contribution in [1.29, 1.82) is 0 Å². The van der Waals surface area contributed by atoms with Crippen LogP contribution in [-0.4, -0.2) is 30.2 Å². The van der Waals surface area contributed by atoms with Gasteiger partial charge in [-0.05, 0) is 37.3 Å². The van der Waals surface area contributed by atoms with Gasteiger partial charge in [-0.15, -0.1) is 0 Å². The smallest absolute Gasteiger partial charge is 0.238 e. The number of rotatable bonds is 8. The molecule has 26 heavy (non-hydrogen) atoms. The van der Waals surface area contributed by atoms with Crippen molar-refractivity contribution >= 4 is 12.4 Å². The number of unbranched alkanes of at least 4 members (excludes halogenated alkanes) is 1. The third-order valence-electron chi connectivity index (χ3n) is 4.05. The third kappa shape index (κ3) is 6.98. The number of hydrogen-bond donors (Lipinski definition) is 2. The molecule has 3 N–H and O–H groups in total. The van der Waals surface area contributed by atoms with E-state index < -0.39 is 12.7 Å². The molecule has 2 atom stereocenters. The van der Waals surface area contributed by atoms with Gasteiger partial charge in [-0.2, -0.15) is 0 Å². The van der Waals surface area contributed by atoms with E-state index in [0.717, 1.165) is 12.0 Å². The maximum Gasteiger partial charge on any atom is 0.238 e. The van der Waals surface area contributed by atoms with E-state index in [1.807, 2.05) is 42.5 Å². The first-order valence-electron chi connectivity index (χ1n) is 8.82. The highest BCUT2D eigenvalue weighted by molar-refractivity contribution is 5.80. The van der Waals surface area contributed by atoms with Gasteiger partial charge in [0.2, 0.25) is 6.43 Å². The average Bonchev–Trinajstić information content (AvgIpc) is 2.83. The average molecular weight is 361 g/mol. The molecule has 1 aliphatic rings. The normalized spacial score (nSPS) is 19.7. The van der Waals surface area contributed by atoms with Crippen molar-refractivity contribution in [3.05, 3.63) is 59.4 Å². The summed E-state index contributed by atoms with van der Waals surface area (Å²) < 4.78 is 24.4. The molecule has 0 saturated heterocycles. The molecule has 0 bridgehead atoms. The van der Waals surface area contributed by atoms with E-state index in [1.54, 1.807) is 12.4 Å². The van der Waals surface area contributed by atoms with Crippen LogP contribution in [-0.2, 0) is 0 Å². The summed E-state index contributed by atoms with van der Waals surface area (Å²) in [4.78, 5) is 8.94. The highest BCUT2D eigenvalue weighted by Crippen LogP contribution is 2.25. The van der Waals surface area contributed by atoms with E-state index in [9.17, 15) is 13.9 Å². The number of halogens is 2. The maximum atomic E-state index is 12.2. The second kappa shape index (κ2) is 10.7. The molecule has 0 radical (unpaired) electrons. The summed E-state index contributed by atoms with van der Waals surface area (Å²) >= 11 is 0. The standard InChI is InChI=1S/C20H25F2N3O/c21-19(22)11-4-5-12-24-18-13-16(20(23)26)9-6-10-17(18)25-14-15-7-2-1-3-8-15/h1-3,7-8,10,12-14,16,19-20,26H,4-6,9,11,23H2. The Morgan fingerprint density at radius 1 is 1.19 bits per heavy atom. The summed E-state index contributed by atoms with van der Waals surface area (Å²) in [5.41, 5.74) is 7.91. The molecule has 2 unspecified atom stereocenters. The van der Waals surface area contributed by atoms with Crippen LogP contribution in [0.4, 0.5) is 8.78 Å². The van der Waals surface area contributed by atoms with Crippen molar-refractivity contribution < 1.29 is 13.9 Å². The molecule has 4 nitrogen and oxygen atoms in total. The summed E-state index contributed by atoms with van der Waals surface area (Å²) in [7, 11) is 0. The minimum atomic E-state index is -2.29. The molecular formula is C20H25F2N3O. The molecule has 6 heteroatoms. The molecule has 0 spiro atoms. The Kier molecular flexibility index (Phi) is 8.31. The highest BCUT2D eigenvalue weighted by Gasteiger charge is 2.17. The van der Waals surface area contributed by atoms with Gasteiger partial charge in [-0.3, -0.25) is 9.98 Å². The van der Waals surface area contributed by atoms with Gasteiger partial charge >= 0.3 is 0 Å². The summed E-state index contributed by atoms with van der Waals surface area (Å²) in [5, 5.41) is 9.72. The molecule has 0 saturated carbocycles. The molecule has 0 amide bonds. The van der Waals surface area contributed by atoms with Crippen molar-refractivity contribution in [2.45, 2.75) is 44.8 Å². The number of benzene rings is 1. The molecule has 0 aliphatic heterocycles. The maximum absolute atomic E-state index is 12.2. The number of nitrogens with zero attached hydrogens (tertiary/aromatic N) is 2. The summed E-state index contributed by atoms with van der Waals surface area (Å²) in [5.74, 6) is -0.219. The monoisotopic (exact) mass is 361 g/mol. The molecule has 0 aromatic heterocycles. The number of allylic oxidation sites excluding steroid dienone is 1. The number of aliphatic hydroxyl groups is 1. The number of alkyl halides is 2. The zero-order valence-corrected chi connectivity index (χ0v) is 14.6. The molecule has 1 aromatic carbocycles. The first-order valence-corrected chi connectivity index (χ1v) is 8.82. The van der Waals surface area contributed by atoms with Crippen LogP contribution >= 0.6 is 0 Å². The third-order valence-corrected chi connectivity index (χ3v) is 4.05.